The Hall–Kier alpha value is -1.64. The molecule has 4 rings (SSSR count). The summed E-state index contributed by atoms with van der Waals surface area (Å²) >= 11 is 0. The summed E-state index contributed by atoms with van der Waals surface area (Å²) in [6, 6.07) is 0. The van der Waals surface area contributed by atoms with Gasteiger partial charge in [-0.15, -0.1) is 0 Å². The van der Waals surface area contributed by atoms with Crippen molar-refractivity contribution in [1.82, 2.24) is 0 Å². The molecule has 8 atom stereocenters. The van der Waals surface area contributed by atoms with Crippen LogP contribution >= 0.6 is 0 Å². The van der Waals surface area contributed by atoms with Crippen LogP contribution in [0.5, 0.6) is 0 Å². The lowest BCUT2D eigenvalue weighted by Crippen LogP contribution is -2.59. The lowest BCUT2D eigenvalue weighted by Gasteiger charge is -2.62. The first-order valence-corrected chi connectivity index (χ1v) is 13.3. The molecular formula is C27H39F3O6. The first-order chi connectivity index (χ1) is 16.7. The number of rotatable bonds is 6. The number of methoxy groups -OCH3 is 1. The molecular weight excluding hydrogens is 477 g/mol. The molecule has 1 N–H and O–H groups in total. The molecule has 0 saturated heterocycles. The number of alkyl halides is 3. The highest BCUT2D eigenvalue weighted by Crippen LogP contribution is 2.68. The standard InChI is InChI=1S/C27H39F3O6/c1-24-12-13-26(34,27(28,29)30)14-16(24)4-5-17-18-6-7-20(25(18,2)11-10-19(17)24)21(31)15-36-23(33)9-8-22(32)35-3/h16-20,34H,4-15H2,1-3H3/t16-,17+,18+,19+,20-,24+,25+,26-/m1/s1. The zero-order valence-electron chi connectivity index (χ0n) is 21.5. The second kappa shape index (κ2) is 9.59. The summed E-state index contributed by atoms with van der Waals surface area (Å²) in [6.07, 6.45) is -0.0310. The zero-order valence-corrected chi connectivity index (χ0v) is 21.5. The van der Waals surface area contributed by atoms with Gasteiger partial charge in [-0.1, -0.05) is 13.8 Å². The van der Waals surface area contributed by atoms with Gasteiger partial charge in [0.15, 0.2) is 11.4 Å². The molecule has 0 amide bonds. The van der Waals surface area contributed by atoms with Gasteiger partial charge in [0.05, 0.1) is 20.0 Å². The Morgan fingerprint density at radius 3 is 2.22 bits per heavy atom. The van der Waals surface area contributed by atoms with Crippen LogP contribution in [-0.2, 0) is 23.9 Å². The van der Waals surface area contributed by atoms with Crippen molar-refractivity contribution < 1.29 is 42.1 Å². The Labute approximate surface area is 210 Å². The number of hydrogen-bond donors (Lipinski definition) is 1. The second-order valence-electron chi connectivity index (χ2n) is 12.3. The predicted molar refractivity (Wildman–Crippen MR) is 123 cm³/mol. The second-order valence-corrected chi connectivity index (χ2v) is 12.3. The zero-order chi connectivity index (χ0) is 26.5. The topological polar surface area (TPSA) is 89.9 Å². The largest absolute Gasteiger partial charge is 0.469 e. The fraction of sp³-hybridized carbons (Fsp3) is 0.889. The van der Waals surface area contributed by atoms with Gasteiger partial charge in [0.2, 0.25) is 0 Å². The van der Waals surface area contributed by atoms with Crippen molar-refractivity contribution in [2.24, 2.45) is 40.4 Å². The lowest BCUT2D eigenvalue weighted by atomic mass is 9.43. The fourth-order valence-electron chi connectivity index (χ4n) is 8.66. The predicted octanol–water partition coefficient (Wildman–Crippen LogP) is 5.00. The number of halogens is 3. The number of esters is 2. The van der Waals surface area contributed by atoms with E-state index >= 15 is 0 Å². The molecule has 0 spiro atoms. The maximum Gasteiger partial charge on any atom is 0.417 e. The van der Waals surface area contributed by atoms with Gasteiger partial charge in [-0.25, -0.2) is 0 Å². The molecule has 4 aliphatic carbocycles. The molecule has 0 bridgehead atoms. The van der Waals surface area contributed by atoms with Crippen LogP contribution in [0.1, 0.15) is 84.5 Å². The summed E-state index contributed by atoms with van der Waals surface area (Å²) in [4.78, 5) is 36.3. The van der Waals surface area contributed by atoms with E-state index in [2.05, 4.69) is 18.6 Å². The van der Waals surface area contributed by atoms with Gasteiger partial charge in [-0.05, 0) is 92.3 Å². The Morgan fingerprint density at radius 1 is 0.889 bits per heavy atom. The van der Waals surface area contributed by atoms with E-state index < -0.39 is 23.7 Å². The molecule has 0 heterocycles. The van der Waals surface area contributed by atoms with Gasteiger partial charge in [0, 0.05) is 5.92 Å². The third-order valence-electron chi connectivity index (χ3n) is 10.8. The van der Waals surface area contributed by atoms with Crippen molar-refractivity contribution >= 4 is 17.7 Å². The number of ketones is 1. The van der Waals surface area contributed by atoms with Crippen molar-refractivity contribution in [3.63, 3.8) is 0 Å². The van der Waals surface area contributed by atoms with Crippen LogP contribution in [0.4, 0.5) is 13.2 Å². The van der Waals surface area contributed by atoms with Gasteiger partial charge in [-0.3, -0.25) is 14.4 Å². The average molecular weight is 517 g/mol. The lowest BCUT2D eigenvalue weighted by molar-refractivity contribution is -0.290. The molecule has 0 radical (unpaired) electrons. The van der Waals surface area contributed by atoms with E-state index in [4.69, 9.17) is 4.74 Å². The van der Waals surface area contributed by atoms with E-state index in [-0.39, 0.29) is 60.7 Å². The third kappa shape index (κ3) is 4.58. The van der Waals surface area contributed by atoms with Crippen molar-refractivity contribution in [3.8, 4) is 0 Å². The van der Waals surface area contributed by atoms with Gasteiger partial charge in [-0.2, -0.15) is 13.2 Å². The van der Waals surface area contributed by atoms with Crippen LogP contribution in [0.15, 0.2) is 0 Å². The maximum absolute atomic E-state index is 13.6. The van der Waals surface area contributed by atoms with Gasteiger partial charge in [0.25, 0.3) is 0 Å². The molecule has 9 heteroatoms. The highest BCUT2D eigenvalue weighted by atomic mass is 19.4. The Balaban J connectivity index is 1.40. The molecule has 6 nitrogen and oxygen atoms in total. The van der Waals surface area contributed by atoms with Crippen molar-refractivity contribution in [1.29, 1.82) is 0 Å². The van der Waals surface area contributed by atoms with E-state index in [1.54, 1.807) is 0 Å². The maximum atomic E-state index is 13.6. The molecule has 0 aliphatic heterocycles. The summed E-state index contributed by atoms with van der Waals surface area (Å²) in [5.41, 5.74) is -3.01. The summed E-state index contributed by atoms with van der Waals surface area (Å²) in [7, 11) is 1.24. The molecule has 0 unspecified atom stereocenters. The minimum atomic E-state index is -4.60. The molecule has 0 aromatic carbocycles. The Bertz CT molecular complexity index is 889. The quantitative estimate of drug-likeness (QED) is 0.500. The molecule has 0 aromatic heterocycles. The van der Waals surface area contributed by atoms with Crippen LogP contribution in [0.3, 0.4) is 0 Å². The highest BCUT2D eigenvalue weighted by molar-refractivity contribution is 5.86. The summed E-state index contributed by atoms with van der Waals surface area (Å²) < 4.78 is 50.4. The fourth-order valence-corrected chi connectivity index (χ4v) is 8.66. The number of fused-ring (bicyclic) bond motifs is 5. The van der Waals surface area contributed by atoms with Crippen molar-refractivity contribution in [2.45, 2.75) is 96.3 Å². The smallest absolute Gasteiger partial charge is 0.417 e. The van der Waals surface area contributed by atoms with Gasteiger partial charge in [0.1, 0.15) is 6.61 Å². The summed E-state index contributed by atoms with van der Waals surface area (Å²) in [5.74, 6) is -0.556. The first kappa shape index (κ1) is 27.4. The van der Waals surface area contributed by atoms with E-state index in [0.29, 0.717) is 30.6 Å². The number of aliphatic hydroxyl groups is 1. The normalized spacial score (nSPS) is 42.0. The van der Waals surface area contributed by atoms with E-state index in [1.165, 1.54) is 7.11 Å². The molecule has 36 heavy (non-hydrogen) atoms. The number of carbonyl (C=O) groups excluding carboxylic acids is 3. The number of ether oxygens (including phenoxy) is 2. The SMILES string of the molecule is COC(=O)CCC(=O)OCC(=O)[C@H]1CC[C@H]2[C@@H]3CC[C@@H]4C[C@@](O)(C(F)(F)F)CC[C@]4(C)[C@H]3CC[C@]12C. The van der Waals surface area contributed by atoms with Gasteiger partial charge >= 0.3 is 18.1 Å². The molecule has 0 aromatic rings. The molecule has 204 valence electrons. The number of hydrogen-bond acceptors (Lipinski definition) is 6. The third-order valence-corrected chi connectivity index (χ3v) is 10.8. The summed E-state index contributed by atoms with van der Waals surface area (Å²) in [5, 5.41) is 10.4. The Morgan fingerprint density at radius 2 is 1.56 bits per heavy atom. The number of carbonyl (C=O) groups is 3. The van der Waals surface area contributed by atoms with Crippen LogP contribution in [0.2, 0.25) is 0 Å². The average Bonchev–Trinajstić information content (AvgIpc) is 3.18. The summed E-state index contributed by atoms with van der Waals surface area (Å²) in [6.45, 7) is 4.01. The molecule has 4 fully saturated rings. The Kier molecular flexibility index (Phi) is 7.30. The minimum Gasteiger partial charge on any atom is -0.469 e. The van der Waals surface area contributed by atoms with Crippen molar-refractivity contribution in [3.05, 3.63) is 0 Å². The van der Waals surface area contributed by atoms with E-state index in [1.807, 2.05) is 0 Å². The van der Waals surface area contributed by atoms with E-state index in [0.717, 1.165) is 32.1 Å². The van der Waals surface area contributed by atoms with E-state index in [9.17, 15) is 32.7 Å². The van der Waals surface area contributed by atoms with Crippen LogP contribution in [-0.4, -0.2) is 48.3 Å². The van der Waals surface area contributed by atoms with Crippen LogP contribution in [0.25, 0.3) is 0 Å². The minimum absolute atomic E-state index is 0.0855. The van der Waals surface area contributed by atoms with Crippen LogP contribution in [0, 0.1) is 40.4 Å². The van der Waals surface area contributed by atoms with Crippen molar-refractivity contribution in [2.75, 3.05) is 13.7 Å². The monoisotopic (exact) mass is 516 g/mol. The highest BCUT2D eigenvalue weighted by Gasteiger charge is 2.65. The molecule has 4 saturated carbocycles. The number of Topliss-reactive ketones (excluding diaryl/α,β-unsaturated/α-hetero) is 1. The van der Waals surface area contributed by atoms with Gasteiger partial charge < -0.3 is 14.6 Å². The molecule has 4 aliphatic rings. The first-order valence-electron chi connectivity index (χ1n) is 13.3. The van der Waals surface area contributed by atoms with Crippen LogP contribution < -0.4 is 0 Å².